The zero-order valence-electron chi connectivity index (χ0n) is 14.0. The predicted octanol–water partition coefficient (Wildman–Crippen LogP) is 4.44. The summed E-state index contributed by atoms with van der Waals surface area (Å²) in [6, 6.07) is 16.1. The minimum Gasteiger partial charge on any atom is -0.310 e. The molecule has 2 heterocycles. The Morgan fingerprint density at radius 3 is 2.67 bits per heavy atom. The van der Waals surface area contributed by atoms with Crippen LogP contribution >= 0.6 is 0 Å². The summed E-state index contributed by atoms with van der Waals surface area (Å²) in [6.45, 7) is 2.14. The number of aromatic nitrogens is 2. The number of pyridine rings is 1. The molecule has 0 spiro atoms. The molecule has 1 amide bonds. The van der Waals surface area contributed by atoms with Crippen molar-refractivity contribution in [2.45, 2.75) is 39.0 Å². The number of fused-ring (bicyclic) bond motifs is 1. The number of carbonyl (C=O) groups is 1. The summed E-state index contributed by atoms with van der Waals surface area (Å²) in [7, 11) is 0. The quantitative estimate of drug-likeness (QED) is 0.654. The summed E-state index contributed by atoms with van der Waals surface area (Å²) >= 11 is 0. The Bertz CT molecular complexity index is 808. The largest absolute Gasteiger partial charge is 0.310 e. The predicted molar refractivity (Wildman–Crippen MR) is 97.2 cm³/mol. The first-order valence-electron chi connectivity index (χ1n) is 8.57. The first kappa shape index (κ1) is 16.2. The SMILES string of the molecule is CCCCCC(=O)Nc1c(Cc2ccccc2)nc2ccccn12. The number of rotatable bonds is 7. The van der Waals surface area contributed by atoms with Crippen LogP contribution in [0.1, 0.15) is 43.9 Å². The molecule has 3 rings (SSSR count). The van der Waals surface area contributed by atoms with Crippen LogP contribution in [0.5, 0.6) is 0 Å². The zero-order valence-corrected chi connectivity index (χ0v) is 14.0. The lowest BCUT2D eigenvalue weighted by molar-refractivity contribution is -0.116. The number of imidazole rings is 1. The first-order chi connectivity index (χ1) is 11.8. The van der Waals surface area contributed by atoms with Crippen LogP contribution < -0.4 is 5.32 Å². The second kappa shape index (κ2) is 7.77. The van der Waals surface area contributed by atoms with Crippen molar-refractivity contribution in [1.29, 1.82) is 0 Å². The number of amides is 1. The van der Waals surface area contributed by atoms with Gasteiger partial charge in [0.05, 0.1) is 5.69 Å². The molecule has 4 nitrogen and oxygen atoms in total. The highest BCUT2D eigenvalue weighted by Crippen LogP contribution is 2.21. The number of benzene rings is 1. The van der Waals surface area contributed by atoms with Crippen LogP contribution in [0.3, 0.4) is 0 Å². The molecule has 0 aliphatic heterocycles. The average Bonchev–Trinajstić information content (AvgIpc) is 2.93. The average molecular weight is 321 g/mol. The Labute approximate surface area is 142 Å². The summed E-state index contributed by atoms with van der Waals surface area (Å²) in [5, 5.41) is 3.07. The third-order valence-electron chi connectivity index (χ3n) is 4.08. The minimum atomic E-state index is 0.0587. The first-order valence-corrected chi connectivity index (χ1v) is 8.57. The molecule has 124 valence electrons. The number of nitrogens with one attached hydrogen (secondary N) is 1. The monoisotopic (exact) mass is 321 g/mol. The van der Waals surface area contributed by atoms with E-state index in [1.807, 2.05) is 47.0 Å². The van der Waals surface area contributed by atoms with E-state index < -0.39 is 0 Å². The van der Waals surface area contributed by atoms with Crippen molar-refractivity contribution in [2.75, 3.05) is 5.32 Å². The molecule has 0 atom stereocenters. The molecule has 0 bridgehead atoms. The molecule has 0 saturated carbocycles. The number of hydrogen-bond donors (Lipinski definition) is 1. The molecule has 0 aliphatic carbocycles. The van der Waals surface area contributed by atoms with Crippen molar-refractivity contribution in [2.24, 2.45) is 0 Å². The Hall–Kier alpha value is -2.62. The van der Waals surface area contributed by atoms with Crippen molar-refractivity contribution >= 4 is 17.4 Å². The van der Waals surface area contributed by atoms with Crippen LogP contribution in [0.25, 0.3) is 5.65 Å². The fourth-order valence-electron chi connectivity index (χ4n) is 2.82. The highest BCUT2D eigenvalue weighted by Gasteiger charge is 2.14. The number of unbranched alkanes of at least 4 members (excludes halogenated alkanes) is 2. The molecule has 0 radical (unpaired) electrons. The molecule has 0 unspecified atom stereocenters. The van der Waals surface area contributed by atoms with Gasteiger partial charge in [0.2, 0.25) is 5.91 Å². The third kappa shape index (κ3) is 3.82. The third-order valence-corrected chi connectivity index (χ3v) is 4.08. The molecule has 1 N–H and O–H groups in total. The van der Waals surface area contributed by atoms with Gasteiger partial charge in [0, 0.05) is 19.0 Å². The van der Waals surface area contributed by atoms with Crippen molar-refractivity contribution < 1.29 is 4.79 Å². The molecule has 2 aromatic heterocycles. The smallest absolute Gasteiger partial charge is 0.225 e. The van der Waals surface area contributed by atoms with Gasteiger partial charge in [-0.1, -0.05) is 56.2 Å². The lowest BCUT2D eigenvalue weighted by Gasteiger charge is -2.08. The minimum absolute atomic E-state index is 0.0587. The number of nitrogens with zero attached hydrogens (tertiary/aromatic N) is 2. The molecule has 0 saturated heterocycles. The Morgan fingerprint density at radius 2 is 1.88 bits per heavy atom. The Balaban J connectivity index is 1.86. The normalized spacial score (nSPS) is 10.9. The Kier molecular flexibility index (Phi) is 5.26. The van der Waals surface area contributed by atoms with Crippen molar-refractivity contribution in [3.8, 4) is 0 Å². The van der Waals surface area contributed by atoms with E-state index in [0.717, 1.165) is 36.4 Å². The maximum absolute atomic E-state index is 12.3. The lowest BCUT2D eigenvalue weighted by Crippen LogP contribution is -2.14. The second-order valence-electron chi connectivity index (χ2n) is 6.00. The van der Waals surface area contributed by atoms with Gasteiger partial charge in [-0.05, 0) is 24.1 Å². The van der Waals surface area contributed by atoms with Crippen molar-refractivity contribution in [3.05, 3.63) is 66.0 Å². The highest BCUT2D eigenvalue weighted by atomic mass is 16.1. The van der Waals surface area contributed by atoms with Gasteiger partial charge in [0.1, 0.15) is 11.5 Å². The van der Waals surface area contributed by atoms with Crippen LogP contribution in [0, 0.1) is 0 Å². The van der Waals surface area contributed by atoms with Gasteiger partial charge >= 0.3 is 0 Å². The molecule has 0 aliphatic rings. The van der Waals surface area contributed by atoms with Gasteiger partial charge in [0.15, 0.2) is 0 Å². The van der Waals surface area contributed by atoms with E-state index in [2.05, 4.69) is 24.4 Å². The lowest BCUT2D eigenvalue weighted by atomic mass is 10.1. The number of anilines is 1. The zero-order chi connectivity index (χ0) is 16.8. The molecule has 1 aromatic carbocycles. The van der Waals surface area contributed by atoms with Crippen LogP contribution in [-0.4, -0.2) is 15.3 Å². The summed E-state index contributed by atoms with van der Waals surface area (Å²) < 4.78 is 1.95. The van der Waals surface area contributed by atoms with Gasteiger partial charge in [-0.25, -0.2) is 4.98 Å². The number of hydrogen-bond acceptors (Lipinski definition) is 2. The van der Waals surface area contributed by atoms with E-state index in [1.54, 1.807) is 0 Å². The van der Waals surface area contributed by atoms with Crippen LogP contribution in [0.15, 0.2) is 54.7 Å². The molecule has 4 heteroatoms. The fraction of sp³-hybridized carbons (Fsp3) is 0.300. The van der Waals surface area contributed by atoms with E-state index in [4.69, 9.17) is 4.98 Å². The van der Waals surface area contributed by atoms with Crippen LogP contribution in [0.4, 0.5) is 5.82 Å². The van der Waals surface area contributed by atoms with Gasteiger partial charge < -0.3 is 5.32 Å². The summed E-state index contributed by atoms with van der Waals surface area (Å²) in [6.07, 6.45) is 6.32. The van der Waals surface area contributed by atoms with Crippen molar-refractivity contribution in [1.82, 2.24) is 9.38 Å². The van der Waals surface area contributed by atoms with Gasteiger partial charge in [-0.15, -0.1) is 0 Å². The van der Waals surface area contributed by atoms with Crippen LogP contribution in [0.2, 0.25) is 0 Å². The van der Waals surface area contributed by atoms with E-state index in [1.165, 1.54) is 5.56 Å². The van der Waals surface area contributed by atoms with Crippen LogP contribution in [-0.2, 0) is 11.2 Å². The van der Waals surface area contributed by atoms with E-state index in [9.17, 15) is 4.79 Å². The fourth-order valence-corrected chi connectivity index (χ4v) is 2.82. The highest BCUT2D eigenvalue weighted by molar-refractivity contribution is 5.91. The Morgan fingerprint density at radius 1 is 1.08 bits per heavy atom. The van der Waals surface area contributed by atoms with Gasteiger partial charge in [-0.3, -0.25) is 9.20 Å². The van der Waals surface area contributed by atoms with E-state index in [-0.39, 0.29) is 5.91 Å². The van der Waals surface area contributed by atoms with E-state index >= 15 is 0 Å². The standard InChI is InChI=1S/C20H23N3O/c1-2-3-5-13-19(24)22-20-17(15-16-10-6-4-7-11-16)21-18-12-8-9-14-23(18)20/h4,6-12,14H,2-3,5,13,15H2,1H3,(H,22,24). The van der Waals surface area contributed by atoms with Crippen molar-refractivity contribution in [3.63, 3.8) is 0 Å². The molecular weight excluding hydrogens is 298 g/mol. The second-order valence-corrected chi connectivity index (χ2v) is 6.00. The molecule has 24 heavy (non-hydrogen) atoms. The molecule has 0 fully saturated rings. The summed E-state index contributed by atoms with van der Waals surface area (Å²) in [5.74, 6) is 0.847. The van der Waals surface area contributed by atoms with E-state index in [0.29, 0.717) is 12.8 Å². The summed E-state index contributed by atoms with van der Waals surface area (Å²) in [4.78, 5) is 17.0. The topological polar surface area (TPSA) is 46.4 Å². The maximum Gasteiger partial charge on any atom is 0.225 e. The van der Waals surface area contributed by atoms with Gasteiger partial charge in [-0.2, -0.15) is 0 Å². The molecule has 3 aromatic rings. The maximum atomic E-state index is 12.3. The summed E-state index contributed by atoms with van der Waals surface area (Å²) in [5.41, 5.74) is 2.94. The molecular formula is C20H23N3O. The number of carbonyl (C=O) groups excluding carboxylic acids is 1. The van der Waals surface area contributed by atoms with Gasteiger partial charge in [0.25, 0.3) is 0 Å².